The highest BCUT2D eigenvalue weighted by Crippen LogP contribution is 2.57. The molecule has 76 valence electrons. The first-order valence-corrected chi connectivity index (χ1v) is 4.61. The van der Waals surface area contributed by atoms with Crippen LogP contribution in [0, 0.1) is 0 Å². The number of halogens is 4. The van der Waals surface area contributed by atoms with E-state index in [1.807, 2.05) is 0 Å². The van der Waals surface area contributed by atoms with Crippen molar-refractivity contribution in [3.05, 3.63) is 28.0 Å². The standard InChI is InChI=1S/C8H6Cl2F2N2/c9-4-1-5(14-6(10)2-4)7(13)3-8(7,11)12/h1-2H,3,13H2. The predicted octanol–water partition coefficient (Wildman–Crippen LogP) is 2.58. The third-order valence-corrected chi connectivity index (χ3v) is 2.66. The van der Waals surface area contributed by atoms with Crippen molar-refractivity contribution in [3.8, 4) is 0 Å². The Labute approximate surface area is 89.0 Å². The molecule has 14 heavy (non-hydrogen) atoms. The smallest absolute Gasteiger partial charge is 0.273 e. The minimum absolute atomic E-state index is 0.0417. The van der Waals surface area contributed by atoms with Crippen LogP contribution in [0.3, 0.4) is 0 Å². The molecule has 2 N–H and O–H groups in total. The number of nitrogens with two attached hydrogens (primary N) is 1. The summed E-state index contributed by atoms with van der Waals surface area (Å²) in [6, 6.07) is 2.69. The van der Waals surface area contributed by atoms with Crippen molar-refractivity contribution in [2.24, 2.45) is 5.73 Å². The van der Waals surface area contributed by atoms with Gasteiger partial charge in [-0.25, -0.2) is 13.8 Å². The molecule has 0 bridgehead atoms. The minimum atomic E-state index is -2.91. The molecule has 0 saturated heterocycles. The minimum Gasteiger partial charge on any atom is -0.315 e. The van der Waals surface area contributed by atoms with Gasteiger partial charge in [-0.3, -0.25) is 0 Å². The SMILES string of the molecule is NC1(c2cc(Cl)cc(Cl)n2)CC1(F)F. The lowest BCUT2D eigenvalue weighted by Gasteiger charge is -2.10. The Kier molecular flexibility index (Phi) is 2.00. The molecule has 0 spiro atoms. The highest BCUT2D eigenvalue weighted by Gasteiger charge is 2.71. The fraction of sp³-hybridized carbons (Fsp3) is 0.375. The van der Waals surface area contributed by atoms with Crippen molar-refractivity contribution in [2.45, 2.75) is 17.9 Å². The summed E-state index contributed by atoms with van der Waals surface area (Å²) in [7, 11) is 0. The average molecular weight is 239 g/mol. The highest BCUT2D eigenvalue weighted by atomic mass is 35.5. The van der Waals surface area contributed by atoms with Gasteiger partial charge >= 0.3 is 0 Å². The van der Waals surface area contributed by atoms with Gasteiger partial charge in [-0.05, 0) is 12.1 Å². The van der Waals surface area contributed by atoms with Gasteiger partial charge < -0.3 is 5.73 Å². The van der Waals surface area contributed by atoms with Crippen LogP contribution in [0.1, 0.15) is 12.1 Å². The first kappa shape index (κ1) is 10.1. The lowest BCUT2D eigenvalue weighted by molar-refractivity contribution is 0.0881. The molecule has 0 aromatic carbocycles. The van der Waals surface area contributed by atoms with Crippen molar-refractivity contribution in [3.63, 3.8) is 0 Å². The number of hydrogen-bond acceptors (Lipinski definition) is 2. The third kappa shape index (κ3) is 1.38. The second-order valence-electron chi connectivity index (χ2n) is 3.35. The van der Waals surface area contributed by atoms with E-state index in [-0.39, 0.29) is 15.9 Å². The summed E-state index contributed by atoms with van der Waals surface area (Å²) in [5, 5.41) is 0.326. The Bertz CT molecular complexity index is 377. The van der Waals surface area contributed by atoms with Crippen LogP contribution in [0.25, 0.3) is 0 Å². The maximum absolute atomic E-state index is 12.9. The molecule has 2 nitrogen and oxygen atoms in total. The van der Waals surface area contributed by atoms with E-state index in [1.54, 1.807) is 0 Å². The van der Waals surface area contributed by atoms with Crippen LogP contribution >= 0.6 is 23.2 Å². The van der Waals surface area contributed by atoms with Gasteiger partial charge in [0.05, 0.1) is 5.69 Å². The number of pyridine rings is 1. The molecule has 1 unspecified atom stereocenters. The van der Waals surface area contributed by atoms with E-state index in [2.05, 4.69) is 4.98 Å². The molecule has 0 aliphatic heterocycles. The molecule has 0 radical (unpaired) electrons. The molecule has 1 aliphatic rings. The third-order valence-electron chi connectivity index (χ3n) is 2.24. The Morgan fingerprint density at radius 1 is 1.36 bits per heavy atom. The zero-order chi connectivity index (χ0) is 10.6. The fourth-order valence-electron chi connectivity index (χ4n) is 1.28. The van der Waals surface area contributed by atoms with Crippen LogP contribution in [0.15, 0.2) is 12.1 Å². The molecule has 2 rings (SSSR count). The molecular formula is C8H6Cl2F2N2. The van der Waals surface area contributed by atoms with Crippen molar-refractivity contribution in [1.29, 1.82) is 0 Å². The van der Waals surface area contributed by atoms with E-state index >= 15 is 0 Å². The van der Waals surface area contributed by atoms with Gasteiger partial charge in [0.25, 0.3) is 5.92 Å². The number of rotatable bonds is 1. The summed E-state index contributed by atoms with van der Waals surface area (Å²) in [6.45, 7) is 0. The second kappa shape index (κ2) is 2.78. The van der Waals surface area contributed by atoms with Crippen LogP contribution in [-0.4, -0.2) is 10.9 Å². The van der Waals surface area contributed by atoms with Gasteiger partial charge in [-0.1, -0.05) is 23.2 Å². The summed E-state index contributed by atoms with van der Waals surface area (Å²) in [6.07, 6.45) is -0.413. The average Bonchev–Trinajstić information content (AvgIpc) is 2.50. The first-order chi connectivity index (χ1) is 6.35. The zero-order valence-electron chi connectivity index (χ0n) is 6.90. The van der Waals surface area contributed by atoms with Gasteiger partial charge in [0.1, 0.15) is 10.7 Å². The molecule has 1 fully saturated rings. The molecule has 1 aromatic rings. The largest absolute Gasteiger partial charge is 0.315 e. The lowest BCUT2D eigenvalue weighted by atomic mass is 10.1. The summed E-state index contributed by atoms with van der Waals surface area (Å²) in [5.41, 5.74) is 3.80. The van der Waals surface area contributed by atoms with E-state index in [0.29, 0.717) is 0 Å². The maximum atomic E-state index is 12.9. The Morgan fingerprint density at radius 2 is 1.93 bits per heavy atom. The second-order valence-corrected chi connectivity index (χ2v) is 4.17. The molecule has 1 heterocycles. The normalized spacial score (nSPS) is 28.9. The van der Waals surface area contributed by atoms with Crippen LogP contribution in [0.5, 0.6) is 0 Å². The number of alkyl halides is 2. The van der Waals surface area contributed by atoms with Crippen LogP contribution < -0.4 is 5.73 Å². The number of hydrogen-bond donors (Lipinski definition) is 1. The summed E-state index contributed by atoms with van der Waals surface area (Å²) >= 11 is 11.2. The Hall–Kier alpha value is -0.450. The zero-order valence-corrected chi connectivity index (χ0v) is 8.41. The van der Waals surface area contributed by atoms with E-state index in [9.17, 15) is 8.78 Å². The van der Waals surface area contributed by atoms with Gasteiger partial charge in [0.2, 0.25) is 0 Å². The first-order valence-electron chi connectivity index (χ1n) is 3.85. The Morgan fingerprint density at radius 3 is 2.36 bits per heavy atom. The number of nitrogens with zero attached hydrogens (tertiary/aromatic N) is 1. The molecule has 1 aromatic heterocycles. The van der Waals surface area contributed by atoms with E-state index in [4.69, 9.17) is 28.9 Å². The monoisotopic (exact) mass is 238 g/mol. The molecule has 1 aliphatic carbocycles. The van der Waals surface area contributed by atoms with E-state index in [1.165, 1.54) is 12.1 Å². The summed E-state index contributed by atoms with van der Waals surface area (Å²) in [4.78, 5) is 3.74. The predicted molar refractivity (Wildman–Crippen MR) is 49.7 cm³/mol. The van der Waals surface area contributed by atoms with Crippen molar-refractivity contribution >= 4 is 23.2 Å². The fourth-order valence-corrected chi connectivity index (χ4v) is 1.75. The summed E-state index contributed by atoms with van der Waals surface area (Å²) < 4.78 is 25.8. The maximum Gasteiger partial charge on any atom is 0.273 e. The quantitative estimate of drug-likeness (QED) is 0.765. The van der Waals surface area contributed by atoms with Gasteiger partial charge in [0, 0.05) is 11.4 Å². The van der Waals surface area contributed by atoms with E-state index < -0.39 is 17.9 Å². The van der Waals surface area contributed by atoms with Gasteiger partial charge in [0.15, 0.2) is 0 Å². The lowest BCUT2D eigenvalue weighted by Crippen LogP contribution is -2.28. The van der Waals surface area contributed by atoms with Crippen molar-refractivity contribution in [2.75, 3.05) is 0 Å². The molecule has 0 amide bonds. The topological polar surface area (TPSA) is 38.9 Å². The van der Waals surface area contributed by atoms with Crippen molar-refractivity contribution in [1.82, 2.24) is 4.98 Å². The molecule has 1 saturated carbocycles. The van der Waals surface area contributed by atoms with Crippen LogP contribution in [0.2, 0.25) is 10.2 Å². The van der Waals surface area contributed by atoms with Crippen LogP contribution in [0.4, 0.5) is 8.78 Å². The van der Waals surface area contributed by atoms with Crippen molar-refractivity contribution < 1.29 is 8.78 Å². The number of aromatic nitrogens is 1. The van der Waals surface area contributed by atoms with Gasteiger partial charge in [-0.2, -0.15) is 0 Å². The van der Waals surface area contributed by atoms with E-state index in [0.717, 1.165) is 0 Å². The molecular weight excluding hydrogens is 233 g/mol. The molecule has 1 atom stereocenters. The van der Waals surface area contributed by atoms with Gasteiger partial charge in [-0.15, -0.1) is 0 Å². The summed E-state index contributed by atoms with van der Waals surface area (Å²) in [5.74, 6) is -2.91. The molecule has 6 heteroatoms. The Balaban J connectivity index is 2.44. The van der Waals surface area contributed by atoms with Crippen LogP contribution in [-0.2, 0) is 5.54 Å². The highest BCUT2D eigenvalue weighted by molar-refractivity contribution is 6.33.